The third-order valence-electron chi connectivity index (χ3n) is 2.89. The van der Waals surface area contributed by atoms with Gasteiger partial charge in [-0.2, -0.15) is 13.5 Å². The van der Waals surface area contributed by atoms with Gasteiger partial charge in [-0.25, -0.2) is 0 Å². The lowest BCUT2D eigenvalue weighted by molar-refractivity contribution is -0.384. The molecular weight excluding hydrogens is 448 g/mol. The second kappa shape index (κ2) is 8.21. The third-order valence-corrected chi connectivity index (χ3v) is 4.72. The fourth-order valence-electron chi connectivity index (χ4n) is 1.76. The molecule has 0 heterocycles. The summed E-state index contributed by atoms with van der Waals surface area (Å²) >= 11 is 7.88. The van der Waals surface area contributed by atoms with Crippen molar-refractivity contribution in [2.24, 2.45) is 10.8 Å². The van der Waals surface area contributed by atoms with Crippen LogP contribution in [0, 0.1) is 10.1 Å². The average Bonchev–Trinajstić information content (AvgIpc) is 2.57. The molecule has 2 aromatic carbocycles. The first-order chi connectivity index (χ1) is 12.2. The Morgan fingerprint density at radius 2 is 1.96 bits per heavy atom. The lowest BCUT2D eigenvalue weighted by Gasteiger charge is -2.10. The van der Waals surface area contributed by atoms with E-state index < -0.39 is 15.0 Å². The van der Waals surface area contributed by atoms with E-state index in [1.807, 2.05) is 0 Å². The average molecular weight is 459 g/mol. The van der Waals surface area contributed by atoms with Crippen LogP contribution in [0.4, 0.5) is 5.69 Å². The molecule has 0 unspecified atom stereocenters. The van der Waals surface area contributed by atoms with E-state index in [2.05, 4.69) is 38.7 Å². The molecular formula is C14H11BrN4O5S2. The summed E-state index contributed by atoms with van der Waals surface area (Å²) in [5, 5.41) is 14.4. The second-order valence-corrected chi connectivity index (χ2v) is 7.61. The second-order valence-electron chi connectivity index (χ2n) is 4.70. The Hall–Kier alpha value is -2.57. The van der Waals surface area contributed by atoms with E-state index in [0.29, 0.717) is 10.0 Å². The molecule has 0 bridgehead atoms. The lowest BCUT2D eigenvalue weighted by Crippen LogP contribution is -2.24. The summed E-state index contributed by atoms with van der Waals surface area (Å²) in [5.74, 6) is 0.0000394. The van der Waals surface area contributed by atoms with Gasteiger partial charge in [0.25, 0.3) is 5.69 Å². The number of nitro benzene ring substituents is 1. The van der Waals surface area contributed by atoms with Crippen LogP contribution < -0.4 is 15.3 Å². The molecule has 0 atom stereocenters. The monoisotopic (exact) mass is 458 g/mol. The zero-order valence-electron chi connectivity index (χ0n) is 12.8. The number of nitrogens with two attached hydrogens (primary N) is 1. The minimum Gasteiger partial charge on any atom is -0.378 e. The first-order valence-electron chi connectivity index (χ1n) is 6.76. The molecule has 3 N–H and O–H groups in total. The Morgan fingerprint density at radius 3 is 2.54 bits per heavy atom. The number of halogens is 1. The minimum absolute atomic E-state index is 0.0000394. The lowest BCUT2D eigenvalue weighted by atomic mass is 10.2. The van der Waals surface area contributed by atoms with Gasteiger partial charge in [-0.05, 0) is 42.5 Å². The van der Waals surface area contributed by atoms with Crippen LogP contribution in [0.15, 0.2) is 56.9 Å². The molecule has 12 heteroatoms. The maximum Gasteiger partial charge on any atom is 0.339 e. The van der Waals surface area contributed by atoms with Crippen LogP contribution in [0.5, 0.6) is 5.75 Å². The number of hydrogen-bond acceptors (Lipinski definition) is 7. The number of thiocarbonyl (C=S) groups is 1. The molecule has 0 aliphatic heterocycles. The summed E-state index contributed by atoms with van der Waals surface area (Å²) in [5.41, 5.74) is 7.70. The van der Waals surface area contributed by atoms with Gasteiger partial charge in [0.2, 0.25) is 0 Å². The van der Waals surface area contributed by atoms with Crippen molar-refractivity contribution in [1.82, 2.24) is 5.43 Å². The highest BCUT2D eigenvalue weighted by Gasteiger charge is 2.19. The number of rotatable bonds is 6. The van der Waals surface area contributed by atoms with Crippen LogP contribution >= 0.6 is 28.1 Å². The summed E-state index contributed by atoms with van der Waals surface area (Å²) in [6.07, 6.45) is 1.28. The number of benzene rings is 2. The van der Waals surface area contributed by atoms with Gasteiger partial charge in [0.05, 0.1) is 11.1 Å². The van der Waals surface area contributed by atoms with Crippen LogP contribution in [0.25, 0.3) is 0 Å². The van der Waals surface area contributed by atoms with Gasteiger partial charge in [-0.15, -0.1) is 0 Å². The number of nitro groups is 1. The fraction of sp³-hybridized carbons (Fsp3) is 0. The first-order valence-corrected chi connectivity index (χ1v) is 9.37. The molecule has 0 aromatic heterocycles. The molecule has 136 valence electrons. The zero-order chi connectivity index (χ0) is 19.3. The van der Waals surface area contributed by atoms with E-state index >= 15 is 0 Å². The van der Waals surface area contributed by atoms with E-state index in [0.717, 1.165) is 24.3 Å². The van der Waals surface area contributed by atoms with Gasteiger partial charge in [0, 0.05) is 22.2 Å². The third kappa shape index (κ3) is 5.21. The highest BCUT2D eigenvalue weighted by Crippen LogP contribution is 2.26. The van der Waals surface area contributed by atoms with E-state index in [-0.39, 0.29) is 21.4 Å². The van der Waals surface area contributed by atoms with Crippen molar-refractivity contribution in [3.8, 4) is 5.75 Å². The van der Waals surface area contributed by atoms with E-state index in [1.54, 1.807) is 12.1 Å². The summed E-state index contributed by atoms with van der Waals surface area (Å²) in [4.78, 5) is 9.80. The Labute approximate surface area is 162 Å². The predicted molar refractivity (Wildman–Crippen MR) is 103 cm³/mol. The minimum atomic E-state index is -4.20. The van der Waals surface area contributed by atoms with Crippen LogP contribution in [0.1, 0.15) is 5.56 Å². The molecule has 0 aliphatic carbocycles. The molecule has 0 radical (unpaired) electrons. The van der Waals surface area contributed by atoms with E-state index in [4.69, 9.17) is 9.92 Å². The van der Waals surface area contributed by atoms with Crippen molar-refractivity contribution < 1.29 is 17.5 Å². The summed E-state index contributed by atoms with van der Waals surface area (Å²) in [6, 6.07) is 8.92. The van der Waals surface area contributed by atoms with Crippen molar-refractivity contribution in [2.75, 3.05) is 0 Å². The number of hydrogen-bond donors (Lipinski definition) is 2. The van der Waals surface area contributed by atoms with Crippen molar-refractivity contribution >= 4 is 55.3 Å². The molecule has 9 nitrogen and oxygen atoms in total. The molecule has 0 fully saturated rings. The van der Waals surface area contributed by atoms with Gasteiger partial charge in [-0.3, -0.25) is 15.5 Å². The van der Waals surface area contributed by atoms with Crippen molar-refractivity contribution in [2.45, 2.75) is 4.90 Å². The number of nitrogens with zero attached hydrogens (tertiary/aromatic N) is 2. The molecule has 0 amide bonds. The molecule has 2 rings (SSSR count). The summed E-state index contributed by atoms with van der Waals surface area (Å²) < 4.78 is 30.6. The van der Waals surface area contributed by atoms with Crippen LogP contribution in [-0.2, 0) is 10.1 Å². The maximum atomic E-state index is 12.4. The number of hydrazone groups is 1. The Bertz CT molecular complexity index is 977. The maximum absolute atomic E-state index is 12.4. The molecule has 0 aliphatic rings. The molecule has 0 saturated heterocycles. The molecule has 2 aromatic rings. The number of nitrogens with one attached hydrogen (secondary N) is 1. The molecule has 0 spiro atoms. The van der Waals surface area contributed by atoms with Gasteiger partial charge >= 0.3 is 10.1 Å². The topological polar surface area (TPSA) is 137 Å². The Morgan fingerprint density at radius 1 is 1.31 bits per heavy atom. The predicted octanol–water partition coefficient (Wildman–Crippen LogP) is 2.29. The largest absolute Gasteiger partial charge is 0.378 e. The molecule has 0 saturated carbocycles. The normalized spacial score (nSPS) is 11.3. The fourth-order valence-corrected chi connectivity index (χ4v) is 3.15. The van der Waals surface area contributed by atoms with Crippen molar-refractivity contribution in [3.05, 3.63) is 62.6 Å². The zero-order valence-corrected chi connectivity index (χ0v) is 16.0. The SMILES string of the molecule is NC(=S)N/N=C\c1cc(Br)ccc1OS(=O)(=O)c1ccc([N+](=O)[O-])cc1. The van der Waals surface area contributed by atoms with Crippen LogP contribution in [-0.4, -0.2) is 24.7 Å². The quantitative estimate of drug-likeness (QED) is 0.221. The summed E-state index contributed by atoms with van der Waals surface area (Å²) in [6.45, 7) is 0. The molecule has 26 heavy (non-hydrogen) atoms. The Kier molecular flexibility index (Phi) is 6.23. The van der Waals surface area contributed by atoms with E-state index in [9.17, 15) is 18.5 Å². The summed E-state index contributed by atoms with van der Waals surface area (Å²) in [7, 11) is -4.20. The smallest absolute Gasteiger partial charge is 0.339 e. The standard InChI is InChI=1S/C14H11BrN4O5S2/c15-10-1-6-13(9(7-10)8-17-18-14(16)25)24-26(22,23)12-4-2-11(3-5-12)19(20)21/h1-8H,(H3,16,18,25)/b17-8-. The van der Waals surface area contributed by atoms with Gasteiger partial charge in [0.15, 0.2) is 10.9 Å². The van der Waals surface area contributed by atoms with Crippen LogP contribution in [0.3, 0.4) is 0 Å². The van der Waals surface area contributed by atoms with Gasteiger partial charge in [0.1, 0.15) is 4.90 Å². The van der Waals surface area contributed by atoms with Gasteiger partial charge < -0.3 is 9.92 Å². The van der Waals surface area contributed by atoms with Crippen LogP contribution in [0.2, 0.25) is 0 Å². The highest BCUT2D eigenvalue weighted by molar-refractivity contribution is 9.10. The van der Waals surface area contributed by atoms with Crippen molar-refractivity contribution in [3.63, 3.8) is 0 Å². The highest BCUT2D eigenvalue weighted by atomic mass is 79.9. The van der Waals surface area contributed by atoms with Gasteiger partial charge in [-0.1, -0.05) is 15.9 Å². The van der Waals surface area contributed by atoms with E-state index in [1.165, 1.54) is 12.3 Å². The number of non-ortho nitro benzene ring substituents is 1. The van der Waals surface area contributed by atoms with Crippen molar-refractivity contribution in [1.29, 1.82) is 0 Å². The Balaban J connectivity index is 2.32. The first kappa shape index (κ1) is 19.8.